The number of nitrogens with one attached hydrogen (secondary N) is 1. The number of carbonyl (C=O) groups is 1. The highest BCUT2D eigenvalue weighted by molar-refractivity contribution is 7.90. The zero-order valence-electron chi connectivity index (χ0n) is 17.8. The van der Waals surface area contributed by atoms with Crippen molar-refractivity contribution in [2.24, 2.45) is 11.3 Å². The van der Waals surface area contributed by atoms with Crippen LogP contribution in [0, 0.1) is 11.3 Å². The first-order valence-corrected chi connectivity index (χ1v) is 11.6. The third kappa shape index (κ3) is 5.06. The average molecular weight is 425 g/mol. The molecule has 1 aromatic rings. The third-order valence-electron chi connectivity index (χ3n) is 6.26. The molecule has 162 valence electrons. The number of hydrogen-bond acceptors (Lipinski definition) is 4. The molecule has 29 heavy (non-hydrogen) atoms. The van der Waals surface area contributed by atoms with E-state index in [0.717, 1.165) is 12.0 Å². The molecule has 0 radical (unpaired) electrons. The smallest absolute Gasteiger partial charge is 0.410 e. The van der Waals surface area contributed by atoms with Crippen molar-refractivity contribution in [1.82, 2.24) is 9.62 Å². The topological polar surface area (TPSA) is 64.6 Å². The van der Waals surface area contributed by atoms with Crippen molar-refractivity contribution >= 4 is 17.5 Å². The molecule has 3 rings (SSSR count). The highest BCUT2D eigenvalue weighted by atomic mass is 32.2. The molecule has 1 amide bonds. The van der Waals surface area contributed by atoms with E-state index in [1.165, 1.54) is 0 Å². The van der Waals surface area contributed by atoms with E-state index in [-0.39, 0.29) is 24.0 Å². The van der Waals surface area contributed by atoms with Gasteiger partial charge in [-0.1, -0.05) is 37.3 Å². The van der Waals surface area contributed by atoms with Crippen LogP contribution in [-0.2, 0) is 22.7 Å². The van der Waals surface area contributed by atoms with E-state index < -0.39 is 28.3 Å². The van der Waals surface area contributed by atoms with Crippen molar-refractivity contribution in [3.8, 4) is 0 Å². The molecule has 1 unspecified atom stereocenters. The molecule has 1 aliphatic carbocycles. The van der Waals surface area contributed by atoms with Gasteiger partial charge in [0.2, 0.25) is 0 Å². The number of alkyl halides is 1. The minimum Gasteiger partial charge on any atom is -0.598 e. The van der Waals surface area contributed by atoms with Gasteiger partial charge in [-0.3, -0.25) is 0 Å². The zero-order chi connectivity index (χ0) is 21.2. The third-order valence-corrected chi connectivity index (χ3v) is 7.84. The number of likely N-dealkylation sites (tertiary alicyclic amines) is 1. The SMILES string of the molecule is C[C@@H]1CC2(CCN(C(=O)OCc3ccccc3)CC2)[C@@H](N[S+]([O-])C(C)(C)C)[C@H]1F. The Labute approximate surface area is 176 Å². The number of ether oxygens (including phenoxy) is 1. The summed E-state index contributed by atoms with van der Waals surface area (Å²) >= 11 is -1.33. The van der Waals surface area contributed by atoms with Crippen molar-refractivity contribution in [3.05, 3.63) is 35.9 Å². The number of nitrogens with zero attached hydrogens (tertiary/aromatic N) is 1. The van der Waals surface area contributed by atoms with Gasteiger partial charge in [0.15, 0.2) is 0 Å². The van der Waals surface area contributed by atoms with Crippen LogP contribution in [0.3, 0.4) is 0 Å². The van der Waals surface area contributed by atoms with E-state index in [1.807, 2.05) is 58.0 Å². The lowest BCUT2D eigenvalue weighted by atomic mass is 9.74. The van der Waals surface area contributed by atoms with Crippen molar-refractivity contribution in [2.75, 3.05) is 13.1 Å². The van der Waals surface area contributed by atoms with Gasteiger partial charge >= 0.3 is 6.09 Å². The number of amides is 1. The fourth-order valence-electron chi connectivity index (χ4n) is 4.49. The molecular formula is C22H33FN2O3S. The largest absolute Gasteiger partial charge is 0.598 e. The normalized spacial score (nSPS) is 27.8. The molecule has 0 aromatic heterocycles. The first-order valence-electron chi connectivity index (χ1n) is 10.4. The maximum atomic E-state index is 15.0. The summed E-state index contributed by atoms with van der Waals surface area (Å²) in [6.07, 6.45) is 0.779. The molecule has 2 fully saturated rings. The highest BCUT2D eigenvalue weighted by Crippen LogP contribution is 2.50. The molecular weight excluding hydrogens is 391 g/mol. The van der Waals surface area contributed by atoms with Gasteiger partial charge in [0.1, 0.15) is 17.5 Å². The molecule has 1 saturated carbocycles. The Hall–Kier alpha value is -1.31. The number of hydrogen-bond donors (Lipinski definition) is 1. The lowest BCUT2D eigenvalue weighted by Gasteiger charge is -2.43. The van der Waals surface area contributed by atoms with Crippen LogP contribution >= 0.6 is 0 Å². The van der Waals surface area contributed by atoms with Crippen molar-refractivity contribution in [3.63, 3.8) is 0 Å². The second kappa shape index (κ2) is 8.82. The van der Waals surface area contributed by atoms with Crippen LogP contribution in [0.2, 0.25) is 0 Å². The van der Waals surface area contributed by atoms with Gasteiger partial charge in [-0.15, -0.1) is 4.72 Å². The van der Waals surface area contributed by atoms with E-state index >= 15 is 4.39 Å². The van der Waals surface area contributed by atoms with E-state index in [2.05, 4.69) is 4.72 Å². The van der Waals surface area contributed by atoms with Crippen LogP contribution in [-0.4, -0.2) is 45.6 Å². The molecule has 5 nitrogen and oxygen atoms in total. The van der Waals surface area contributed by atoms with E-state index in [0.29, 0.717) is 25.9 Å². The summed E-state index contributed by atoms with van der Waals surface area (Å²) in [4.78, 5) is 14.2. The number of carbonyl (C=O) groups excluding carboxylic acids is 1. The monoisotopic (exact) mass is 424 g/mol. The van der Waals surface area contributed by atoms with Crippen LogP contribution in [0.5, 0.6) is 0 Å². The first kappa shape index (κ1) is 22.4. The van der Waals surface area contributed by atoms with Crippen molar-refractivity contribution in [1.29, 1.82) is 0 Å². The van der Waals surface area contributed by atoms with E-state index in [4.69, 9.17) is 4.74 Å². The molecule has 1 aliphatic heterocycles. The fourth-order valence-corrected chi connectivity index (χ4v) is 5.45. The molecule has 0 bridgehead atoms. The van der Waals surface area contributed by atoms with Crippen LogP contribution in [0.15, 0.2) is 30.3 Å². The Balaban J connectivity index is 1.60. The van der Waals surface area contributed by atoms with E-state index in [9.17, 15) is 9.35 Å². The summed E-state index contributed by atoms with van der Waals surface area (Å²) in [6, 6.07) is 9.15. The Morgan fingerprint density at radius 1 is 1.31 bits per heavy atom. The molecule has 4 atom stereocenters. The molecule has 2 aliphatic rings. The minimum absolute atomic E-state index is 0.0824. The van der Waals surface area contributed by atoms with Crippen LogP contribution < -0.4 is 4.72 Å². The Kier molecular flexibility index (Phi) is 6.81. The van der Waals surface area contributed by atoms with E-state index in [1.54, 1.807) is 4.90 Å². The maximum absolute atomic E-state index is 15.0. The van der Waals surface area contributed by atoms with Gasteiger partial charge < -0.3 is 14.2 Å². The summed E-state index contributed by atoms with van der Waals surface area (Å²) in [6.45, 7) is 8.91. The van der Waals surface area contributed by atoms with Crippen molar-refractivity contribution in [2.45, 2.75) is 70.5 Å². The second-order valence-corrected chi connectivity index (χ2v) is 11.5. The summed E-state index contributed by atoms with van der Waals surface area (Å²) in [5.74, 6) is -0.0824. The van der Waals surface area contributed by atoms with Crippen LogP contribution in [0.1, 0.15) is 52.5 Å². The summed E-state index contributed by atoms with van der Waals surface area (Å²) in [5.41, 5.74) is 0.684. The Bertz CT molecular complexity index is 689. The molecule has 1 heterocycles. The lowest BCUT2D eigenvalue weighted by Crippen LogP contribution is -2.56. The summed E-state index contributed by atoms with van der Waals surface area (Å²) in [7, 11) is 0. The standard InChI is InChI=1S/C22H33FN2O3S/c1-16-14-22(19(18(16)23)24-29(27)21(2,3)4)10-12-25(13-11-22)20(26)28-15-17-8-6-5-7-9-17/h5-9,16,18-19,24H,10-15H2,1-4H3/t16-,18+,19+,29?/m1/s1. The van der Waals surface area contributed by atoms with Gasteiger partial charge in [0, 0.05) is 24.5 Å². The van der Waals surface area contributed by atoms with Gasteiger partial charge in [-0.2, -0.15) is 0 Å². The number of halogens is 1. The maximum Gasteiger partial charge on any atom is 0.410 e. The zero-order valence-corrected chi connectivity index (χ0v) is 18.6. The van der Waals surface area contributed by atoms with Gasteiger partial charge in [0.05, 0.1) is 6.04 Å². The molecule has 1 spiro atoms. The minimum atomic E-state index is -1.33. The Morgan fingerprint density at radius 2 is 1.93 bits per heavy atom. The quantitative estimate of drug-likeness (QED) is 0.736. The predicted molar refractivity (Wildman–Crippen MR) is 113 cm³/mol. The summed E-state index contributed by atoms with van der Waals surface area (Å²) in [5, 5.41) is 0. The highest BCUT2D eigenvalue weighted by Gasteiger charge is 2.56. The summed E-state index contributed by atoms with van der Waals surface area (Å²) < 4.78 is 35.8. The molecule has 1 N–H and O–H groups in total. The number of rotatable bonds is 4. The average Bonchev–Trinajstić information content (AvgIpc) is 2.91. The molecule has 1 aromatic carbocycles. The Morgan fingerprint density at radius 3 is 2.52 bits per heavy atom. The first-order chi connectivity index (χ1) is 13.6. The van der Waals surface area contributed by atoms with Gasteiger partial charge in [0.25, 0.3) is 0 Å². The van der Waals surface area contributed by atoms with Crippen LogP contribution in [0.4, 0.5) is 9.18 Å². The molecule has 1 saturated heterocycles. The second-order valence-electron chi connectivity index (χ2n) is 9.49. The number of benzene rings is 1. The van der Waals surface area contributed by atoms with Gasteiger partial charge in [-0.05, 0) is 56.9 Å². The van der Waals surface area contributed by atoms with Crippen molar-refractivity contribution < 1.29 is 18.5 Å². The predicted octanol–water partition coefficient (Wildman–Crippen LogP) is 4.20. The van der Waals surface area contributed by atoms with Gasteiger partial charge in [-0.25, -0.2) is 9.18 Å². The lowest BCUT2D eigenvalue weighted by molar-refractivity contribution is 0.0513. The van der Waals surface area contributed by atoms with Crippen LogP contribution in [0.25, 0.3) is 0 Å². The number of piperidine rings is 1. The molecule has 7 heteroatoms. The fraction of sp³-hybridized carbons (Fsp3) is 0.682.